The highest BCUT2D eigenvalue weighted by Crippen LogP contribution is 2.16. The van der Waals surface area contributed by atoms with Gasteiger partial charge in [-0.1, -0.05) is 0 Å². The van der Waals surface area contributed by atoms with Crippen LogP contribution >= 0.6 is 0 Å². The van der Waals surface area contributed by atoms with E-state index in [0.29, 0.717) is 6.54 Å². The Morgan fingerprint density at radius 3 is 2.94 bits per heavy atom. The minimum Gasteiger partial charge on any atom is -0.363 e. The van der Waals surface area contributed by atoms with Crippen LogP contribution in [-0.4, -0.2) is 26.3 Å². The van der Waals surface area contributed by atoms with Gasteiger partial charge in [-0.3, -0.25) is 4.68 Å². The second kappa shape index (κ2) is 5.59. The SMILES string of the molecule is C[C@H](Nc1cc(CCN)ncn1)c1cnn(C)c1. The Morgan fingerprint density at radius 1 is 1.44 bits per heavy atom. The largest absolute Gasteiger partial charge is 0.363 e. The number of rotatable bonds is 5. The van der Waals surface area contributed by atoms with Gasteiger partial charge in [0.15, 0.2) is 0 Å². The van der Waals surface area contributed by atoms with E-state index in [1.165, 1.54) is 0 Å². The van der Waals surface area contributed by atoms with Crippen LogP contribution in [0.5, 0.6) is 0 Å². The number of hydrogen-bond acceptors (Lipinski definition) is 5. The van der Waals surface area contributed by atoms with Crippen LogP contribution in [0.25, 0.3) is 0 Å². The third-order valence-corrected chi connectivity index (χ3v) is 2.71. The summed E-state index contributed by atoms with van der Waals surface area (Å²) >= 11 is 0. The van der Waals surface area contributed by atoms with Gasteiger partial charge in [0.05, 0.1) is 12.2 Å². The molecule has 2 aromatic rings. The topological polar surface area (TPSA) is 81.7 Å². The molecule has 0 radical (unpaired) electrons. The lowest BCUT2D eigenvalue weighted by atomic mass is 10.2. The third kappa shape index (κ3) is 3.04. The Bertz CT molecular complexity index is 507. The lowest BCUT2D eigenvalue weighted by molar-refractivity contribution is 0.765. The van der Waals surface area contributed by atoms with E-state index in [1.807, 2.05) is 25.5 Å². The van der Waals surface area contributed by atoms with Crippen molar-refractivity contribution in [1.82, 2.24) is 19.7 Å². The highest BCUT2D eigenvalue weighted by Gasteiger charge is 2.08. The number of anilines is 1. The molecule has 0 aliphatic carbocycles. The van der Waals surface area contributed by atoms with Gasteiger partial charge in [0.1, 0.15) is 12.1 Å². The summed E-state index contributed by atoms with van der Waals surface area (Å²) in [6.45, 7) is 2.66. The van der Waals surface area contributed by atoms with Crippen molar-refractivity contribution in [2.45, 2.75) is 19.4 Å². The molecular formula is C12H18N6. The van der Waals surface area contributed by atoms with Crippen molar-refractivity contribution < 1.29 is 0 Å². The standard InChI is InChI=1S/C12H18N6/c1-9(10-6-16-18(2)7-10)17-12-5-11(3-4-13)14-8-15-12/h5-9H,3-4,13H2,1-2H3,(H,14,15,17)/t9-/m0/s1. The van der Waals surface area contributed by atoms with Crippen LogP contribution in [0.4, 0.5) is 5.82 Å². The number of aromatic nitrogens is 4. The van der Waals surface area contributed by atoms with E-state index >= 15 is 0 Å². The van der Waals surface area contributed by atoms with Crippen LogP contribution < -0.4 is 11.1 Å². The molecule has 0 bridgehead atoms. The summed E-state index contributed by atoms with van der Waals surface area (Å²) in [5, 5.41) is 7.48. The molecule has 1 atom stereocenters. The first-order valence-corrected chi connectivity index (χ1v) is 5.95. The molecule has 0 saturated carbocycles. The monoisotopic (exact) mass is 246 g/mol. The molecule has 6 heteroatoms. The lowest BCUT2D eigenvalue weighted by Gasteiger charge is -2.13. The minimum atomic E-state index is 0.152. The van der Waals surface area contributed by atoms with Gasteiger partial charge < -0.3 is 11.1 Å². The predicted octanol–water partition coefficient (Wildman–Crippen LogP) is 0.884. The zero-order chi connectivity index (χ0) is 13.0. The fraction of sp³-hybridized carbons (Fsp3) is 0.417. The Labute approximate surface area is 106 Å². The third-order valence-electron chi connectivity index (χ3n) is 2.71. The average Bonchev–Trinajstić information content (AvgIpc) is 2.77. The number of nitrogens with zero attached hydrogens (tertiary/aromatic N) is 4. The quantitative estimate of drug-likeness (QED) is 0.818. The maximum atomic E-state index is 5.51. The predicted molar refractivity (Wildman–Crippen MR) is 70.0 cm³/mol. The molecule has 3 N–H and O–H groups in total. The molecular weight excluding hydrogens is 228 g/mol. The van der Waals surface area contributed by atoms with E-state index in [2.05, 4.69) is 27.3 Å². The van der Waals surface area contributed by atoms with Gasteiger partial charge >= 0.3 is 0 Å². The molecule has 2 heterocycles. The van der Waals surface area contributed by atoms with Crippen molar-refractivity contribution in [3.63, 3.8) is 0 Å². The van der Waals surface area contributed by atoms with Gasteiger partial charge in [-0.15, -0.1) is 0 Å². The van der Waals surface area contributed by atoms with E-state index in [4.69, 9.17) is 5.73 Å². The van der Waals surface area contributed by atoms with Crippen LogP contribution in [0.15, 0.2) is 24.8 Å². The highest BCUT2D eigenvalue weighted by molar-refractivity contribution is 5.37. The van der Waals surface area contributed by atoms with Crippen LogP contribution in [0.2, 0.25) is 0 Å². The molecule has 18 heavy (non-hydrogen) atoms. The van der Waals surface area contributed by atoms with Crippen LogP contribution in [0.1, 0.15) is 24.2 Å². The van der Waals surface area contributed by atoms with Gasteiger partial charge in [0.25, 0.3) is 0 Å². The highest BCUT2D eigenvalue weighted by atomic mass is 15.2. The number of nitrogens with one attached hydrogen (secondary N) is 1. The van der Waals surface area contributed by atoms with Crippen molar-refractivity contribution >= 4 is 5.82 Å². The zero-order valence-electron chi connectivity index (χ0n) is 10.7. The summed E-state index contributed by atoms with van der Waals surface area (Å²) in [6, 6.07) is 2.08. The van der Waals surface area contributed by atoms with Gasteiger partial charge in [0.2, 0.25) is 0 Å². The number of hydrogen-bond donors (Lipinski definition) is 2. The van der Waals surface area contributed by atoms with E-state index < -0.39 is 0 Å². The van der Waals surface area contributed by atoms with Gasteiger partial charge in [-0.05, 0) is 13.5 Å². The first-order valence-electron chi connectivity index (χ1n) is 5.95. The summed E-state index contributed by atoms with van der Waals surface area (Å²) in [4.78, 5) is 8.37. The molecule has 0 aliphatic rings. The molecule has 2 rings (SSSR count). The molecule has 96 valence electrons. The maximum Gasteiger partial charge on any atom is 0.130 e. The van der Waals surface area contributed by atoms with E-state index in [1.54, 1.807) is 11.0 Å². The molecule has 0 fully saturated rings. The fourth-order valence-corrected chi connectivity index (χ4v) is 1.73. The molecule has 0 spiro atoms. The normalized spacial score (nSPS) is 12.4. The Kier molecular flexibility index (Phi) is 3.88. The molecule has 0 aromatic carbocycles. The van der Waals surface area contributed by atoms with Gasteiger partial charge in [0, 0.05) is 37.0 Å². The molecule has 2 aromatic heterocycles. The Morgan fingerprint density at radius 2 is 2.28 bits per heavy atom. The molecule has 0 amide bonds. The van der Waals surface area contributed by atoms with Crippen molar-refractivity contribution in [1.29, 1.82) is 0 Å². The Hall–Kier alpha value is -1.95. The summed E-state index contributed by atoms with van der Waals surface area (Å²) in [6.07, 6.45) is 6.15. The second-order valence-electron chi connectivity index (χ2n) is 4.25. The fourth-order valence-electron chi connectivity index (χ4n) is 1.73. The second-order valence-corrected chi connectivity index (χ2v) is 4.25. The number of aryl methyl sites for hydroxylation is 1. The summed E-state index contributed by atoms with van der Waals surface area (Å²) in [5.74, 6) is 0.810. The molecule has 0 saturated heterocycles. The van der Waals surface area contributed by atoms with E-state index in [-0.39, 0.29) is 6.04 Å². The zero-order valence-corrected chi connectivity index (χ0v) is 10.7. The van der Waals surface area contributed by atoms with Crippen LogP contribution in [0.3, 0.4) is 0 Å². The average molecular weight is 246 g/mol. The van der Waals surface area contributed by atoms with E-state index in [9.17, 15) is 0 Å². The van der Waals surface area contributed by atoms with Crippen LogP contribution in [-0.2, 0) is 13.5 Å². The lowest BCUT2D eigenvalue weighted by Crippen LogP contribution is -2.09. The van der Waals surface area contributed by atoms with Crippen LogP contribution in [0, 0.1) is 0 Å². The van der Waals surface area contributed by atoms with Gasteiger partial charge in [-0.25, -0.2) is 9.97 Å². The molecule has 0 unspecified atom stereocenters. The molecule has 0 aliphatic heterocycles. The van der Waals surface area contributed by atoms with Crippen molar-refractivity contribution in [2.75, 3.05) is 11.9 Å². The summed E-state index contributed by atoms with van der Waals surface area (Å²) < 4.78 is 1.79. The van der Waals surface area contributed by atoms with Gasteiger partial charge in [-0.2, -0.15) is 5.10 Å². The first-order chi connectivity index (χ1) is 8.69. The van der Waals surface area contributed by atoms with Crippen molar-refractivity contribution in [2.24, 2.45) is 12.8 Å². The van der Waals surface area contributed by atoms with Crippen molar-refractivity contribution in [3.8, 4) is 0 Å². The molecule has 6 nitrogen and oxygen atoms in total. The summed E-state index contributed by atoms with van der Waals surface area (Å²) in [5.41, 5.74) is 7.59. The maximum absolute atomic E-state index is 5.51. The summed E-state index contributed by atoms with van der Waals surface area (Å²) in [7, 11) is 1.90. The Balaban J connectivity index is 2.06. The first kappa shape index (κ1) is 12.5. The van der Waals surface area contributed by atoms with E-state index in [0.717, 1.165) is 23.5 Å². The number of nitrogens with two attached hydrogens (primary N) is 1. The minimum absolute atomic E-state index is 0.152. The van der Waals surface area contributed by atoms with Crippen molar-refractivity contribution in [3.05, 3.63) is 36.0 Å². The smallest absolute Gasteiger partial charge is 0.130 e.